The van der Waals surface area contributed by atoms with Crippen LogP contribution in [0.2, 0.25) is 0 Å². The molecule has 0 spiro atoms. The summed E-state index contributed by atoms with van der Waals surface area (Å²) in [7, 11) is 0. The van der Waals surface area contributed by atoms with Gasteiger partial charge < -0.3 is 15.1 Å². The average Bonchev–Trinajstić information content (AvgIpc) is 2.62. The van der Waals surface area contributed by atoms with Crippen LogP contribution >= 0.6 is 0 Å². The van der Waals surface area contributed by atoms with Crippen LogP contribution in [0, 0.1) is 0 Å². The Kier molecular flexibility index (Phi) is 5.16. The monoisotopic (exact) mass is 370 g/mol. The van der Waals surface area contributed by atoms with Crippen molar-refractivity contribution in [1.82, 2.24) is 9.97 Å². The van der Waals surface area contributed by atoms with Gasteiger partial charge in [0.1, 0.15) is 5.56 Å². The van der Waals surface area contributed by atoms with Crippen LogP contribution in [0.5, 0.6) is 0 Å². The van der Waals surface area contributed by atoms with Crippen LogP contribution in [0.4, 0.5) is 0 Å². The second kappa shape index (κ2) is 7.53. The van der Waals surface area contributed by atoms with Crippen molar-refractivity contribution >= 4 is 17.5 Å². The van der Waals surface area contributed by atoms with Gasteiger partial charge in [-0.2, -0.15) is 0 Å². The molecule has 0 amide bonds. The van der Waals surface area contributed by atoms with Crippen LogP contribution in [0.1, 0.15) is 67.9 Å². The number of carbonyl (C=O) groups excluding carboxylic acids is 2. The molecule has 140 valence electrons. The van der Waals surface area contributed by atoms with Gasteiger partial charge in [0, 0.05) is 42.4 Å². The molecule has 2 heterocycles. The van der Waals surface area contributed by atoms with Crippen molar-refractivity contribution in [2.45, 2.75) is 38.5 Å². The van der Waals surface area contributed by atoms with Crippen molar-refractivity contribution in [2.24, 2.45) is 0 Å². The van der Waals surface area contributed by atoms with E-state index in [0.29, 0.717) is 42.4 Å². The fourth-order valence-corrected chi connectivity index (χ4v) is 3.42. The number of carbonyl (C=O) groups is 3. The van der Waals surface area contributed by atoms with Gasteiger partial charge >= 0.3 is 5.97 Å². The molecule has 0 aromatic carbocycles. The van der Waals surface area contributed by atoms with Crippen molar-refractivity contribution in [3.63, 3.8) is 0 Å². The first-order valence-corrected chi connectivity index (χ1v) is 8.64. The lowest BCUT2D eigenvalue weighted by Gasteiger charge is -2.15. The maximum atomic E-state index is 11.5. The molecular weight excluding hydrogens is 352 g/mol. The topological polar surface area (TPSA) is 137 Å². The summed E-state index contributed by atoms with van der Waals surface area (Å²) in [5, 5.41) is 8.88. The Morgan fingerprint density at radius 2 is 1.48 bits per heavy atom. The lowest BCUT2D eigenvalue weighted by Crippen LogP contribution is -2.25. The lowest BCUT2D eigenvalue weighted by molar-refractivity contribution is 0.0693. The number of aryl methyl sites for hydroxylation is 1. The van der Waals surface area contributed by atoms with Gasteiger partial charge in [0.2, 0.25) is 5.56 Å². The second-order valence-electron chi connectivity index (χ2n) is 6.48. The van der Waals surface area contributed by atoms with Crippen LogP contribution in [0.3, 0.4) is 0 Å². The fourth-order valence-electron chi connectivity index (χ4n) is 3.42. The number of ketones is 2. The van der Waals surface area contributed by atoms with Crippen LogP contribution in [0.25, 0.3) is 0 Å². The number of H-pyrrole nitrogens is 2. The molecule has 2 aliphatic carbocycles. The van der Waals surface area contributed by atoms with E-state index in [4.69, 9.17) is 5.11 Å². The minimum absolute atomic E-state index is 0.102. The van der Waals surface area contributed by atoms with Crippen LogP contribution in [-0.2, 0) is 12.8 Å². The highest BCUT2D eigenvalue weighted by molar-refractivity contribution is 6.01. The number of nitrogens with one attached hydrogen (secondary N) is 2. The Balaban J connectivity index is 0.000000159. The predicted molar refractivity (Wildman–Crippen MR) is 95.6 cm³/mol. The smallest absolute Gasteiger partial charge is 0.341 e. The Bertz CT molecular complexity index is 1050. The number of aromatic amines is 2. The number of carboxylic acids is 1. The first kappa shape index (κ1) is 18.5. The minimum atomic E-state index is -1.28. The largest absolute Gasteiger partial charge is 0.477 e. The van der Waals surface area contributed by atoms with Crippen molar-refractivity contribution < 1.29 is 19.5 Å². The molecule has 0 fully saturated rings. The average molecular weight is 370 g/mol. The summed E-state index contributed by atoms with van der Waals surface area (Å²) in [5.74, 6) is -1.23. The van der Waals surface area contributed by atoms with Gasteiger partial charge in [-0.3, -0.25) is 19.2 Å². The highest BCUT2D eigenvalue weighted by Gasteiger charge is 2.25. The van der Waals surface area contributed by atoms with E-state index in [-0.39, 0.29) is 22.7 Å². The molecule has 0 unspecified atom stereocenters. The minimum Gasteiger partial charge on any atom is -0.477 e. The summed E-state index contributed by atoms with van der Waals surface area (Å²) < 4.78 is 0. The molecule has 8 heteroatoms. The zero-order valence-electron chi connectivity index (χ0n) is 14.5. The molecule has 27 heavy (non-hydrogen) atoms. The van der Waals surface area contributed by atoms with Crippen LogP contribution in [-0.4, -0.2) is 32.6 Å². The molecule has 0 saturated heterocycles. The first-order chi connectivity index (χ1) is 12.9. The van der Waals surface area contributed by atoms with Crippen molar-refractivity contribution in [2.75, 3.05) is 0 Å². The highest BCUT2D eigenvalue weighted by Crippen LogP contribution is 2.21. The predicted octanol–water partition coefficient (Wildman–Crippen LogP) is 1.49. The molecule has 3 N–H and O–H groups in total. The van der Waals surface area contributed by atoms with Crippen molar-refractivity contribution in [3.8, 4) is 0 Å². The summed E-state index contributed by atoms with van der Waals surface area (Å²) in [4.78, 5) is 60.6. The molecule has 0 atom stereocenters. The standard InChI is InChI=1S/C10H9NO4.C9H9NO2/c12-7-3-1-2-5-6(7)4-11-9(13)8(5)10(14)15;11-8-3-1-2-6-4-9(12)10-5-7(6)8/h4H,1-3H2,(H,11,13)(H,14,15);4-5H,1-3H2,(H,10,12). The fraction of sp³-hybridized carbons (Fsp3) is 0.316. The summed E-state index contributed by atoms with van der Waals surface area (Å²) in [5.41, 5.74) is 1.26. The van der Waals surface area contributed by atoms with E-state index in [1.165, 1.54) is 18.5 Å². The third kappa shape index (κ3) is 3.79. The van der Waals surface area contributed by atoms with E-state index in [1.807, 2.05) is 0 Å². The Morgan fingerprint density at radius 3 is 2.19 bits per heavy atom. The number of Topliss-reactive ketones (excluding diaryl/α,β-unsaturated/α-hetero) is 2. The number of aromatic nitrogens is 2. The maximum Gasteiger partial charge on any atom is 0.341 e. The van der Waals surface area contributed by atoms with E-state index in [2.05, 4.69) is 9.97 Å². The number of carboxylic acid groups (broad SMARTS) is 1. The quantitative estimate of drug-likeness (QED) is 0.695. The number of aromatic carboxylic acids is 1. The molecule has 4 rings (SSSR count). The molecule has 0 saturated carbocycles. The van der Waals surface area contributed by atoms with Crippen LogP contribution in [0.15, 0.2) is 28.0 Å². The van der Waals surface area contributed by atoms with Gasteiger partial charge in [0.25, 0.3) is 5.56 Å². The summed E-state index contributed by atoms with van der Waals surface area (Å²) in [6, 6.07) is 1.52. The van der Waals surface area contributed by atoms with Crippen molar-refractivity contribution in [3.05, 3.63) is 67.0 Å². The summed E-state index contributed by atoms with van der Waals surface area (Å²) in [6.45, 7) is 0. The van der Waals surface area contributed by atoms with E-state index in [9.17, 15) is 24.0 Å². The Labute approximate surface area is 153 Å². The highest BCUT2D eigenvalue weighted by atomic mass is 16.4. The third-order valence-corrected chi connectivity index (χ3v) is 4.71. The molecule has 8 nitrogen and oxygen atoms in total. The van der Waals surface area contributed by atoms with Crippen LogP contribution < -0.4 is 11.1 Å². The van der Waals surface area contributed by atoms with E-state index < -0.39 is 11.5 Å². The van der Waals surface area contributed by atoms with Gasteiger partial charge in [0.05, 0.1) is 0 Å². The number of hydrogen-bond donors (Lipinski definition) is 3. The summed E-state index contributed by atoms with van der Waals surface area (Å²) in [6.07, 6.45) is 6.67. The SMILES string of the molecule is O=C1CCCc2c1c[nH]c(=O)c2C(=O)O.O=C1CCCc2cc(=O)[nH]cc21. The molecule has 0 aliphatic heterocycles. The zero-order chi connectivity index (χ0) is 19.6. The second-order valence-corrected chi connectivity index (χ2v) is 6.48. The number of rotatable bonds is 1. The molecule has 2 aromatic heterocycles. The van der Waals surface area contributed by atoms with Crippen molar-refractivity contribution in [1.29, 1.82) is 0 Å². The van der Waals surface area contributed by atoms with Gasteiger partial charge in [-0.1, -0.05) is 0 Å². The Morgan fingerprint density at radius 1 is 0.852 bits per heavy atom. The molecule has 0 radical (unpaired) electrons. The van der Waals surface area contributed by atoms with Gasteiger partial charge in [-0.05, 0) is 36.8 Å². The lowest BCUT2D eigenvalue weighted by atomic mass is 9.89. The maximum absolute atomic E-state index is 11.5. The summed E-state index contributed by atoms with van der Waals surface area (Å²) >= 11 is 0. The third-order valence-electron chi connectivity index (χ3n) is 4.71. The first-order valence-electron chi connectivity index (χ1n) is 8.64. The van der Waals surface area contributed by atoms with E-state index >= 15 is 0 Å². The van der Waals surface area contributed by atoms with E-state index in [1.54, 1.807) is 0 Å². The van der Waals surface area contributed by atoms with Gasteiger partial charge in [0.15, 0.2) is 11.6 Å². The zero-order valence-corrected chi connectivity index (χ0v) is 14.5. The number of fused-ring (bicyclic) bond motifs is 2. The normalized spacial score (nSPS) is 15.3. The Hall–Kier alpha value is -3.29. The van der Waals surface area contributed by atoms with Gasteiger partial charge in [-0.15, -0.1) is 0 Å². The number of hydrogen-bond acceptors (Lipinski definition) is 5. The molecule has 0 bridgehead atoms. The number of pyridine rings is 2. The van der Waals surface area contributed by atoms with E-state index in [0.717, 1.165) is 18.4 Å². The molecule has 2 aromatic rings. The molecule has 2 aliphatic rings. The molecular formula is C19H18N2O6. The van der Waals surface area contributed by atoms with Gasteiger partial charge in [-0.25, -0.2) is 4.79 Å².